The molecule has 1 rings (SSSR count). The molecule has 1 aromatic carbocycles. The lowest BCUT2D eigenvalue weighted by Crippen LogP contribution is -2.19. The Kier molecular flexibility index (Phi) is 4.37. The van der Waals surface area contributed by atoms with Gasteiger partial charge in [0.25, 0.3) is 0 Å². The zero-order valence-corrected chi connectivity index (χ0v) is 10.7. The van der Waals surface area contributed by atoms with Gasteiger partial charge >= 0.3 is 5.97 Å². The summed E-state index contributed by atoms with van der Waals surface area (Å²) in [6, 6.07) is 3.66. The Balaban J connectivity index is 2.63. The van der Waals surface area contributed by atoms with E-state index in [2.05, 4.69) is 0 Å². The van der Waals surface area contributed by atoms with Crippen LogP contribution in [-0.4, -0.2) is 18.7 Å². The van der Waals surface area contributed by atoms with Crippen LogP contribution in [0.15, 0.2) is 12.1 Å². The number of benzene rings is 1. The number of nitrogens with two attached hydrogens (primary N) is 1. The average Bonchev–Trinajstić information content (AvgIpc) is 2.20. The molecule has 0 aliphatic heterocycles. The second-order valence-electron chi connectivity index (χ2n) is 4.30. The van der Waals surface area contributed by atoms with Gasteiger partial charge < -0.3 is 15.2 Å². The van der Waals surface area contributed by atoms with Gasteiger partial charge in [0, 0.05) is 5.69 Å². The van der Waals surface area contributed by atoms with Gasteiger partial charge in [-0.25, -0.2) is 4.79 Å². The number of anilines is 1. The second-order valence-corrected chi connectivity index (χ2v) is 4.30. The highest BCUT2D eigenvalue weighted by molar-refractivity contribution is 5.71. The molecular weight excluding hydrogens is 218 g/mol. The van der Waals surface area contributed by atoms with Gasteiger partial charge in [0.15, 0.2) is 6.61 Å². The van der Waals surface area contributed by atoms with E-state index in [1.807, 2.05) is 26.0 Å². The Morgan fingerprint density at radius 3 is 2.53 bits per heavy atom. The maximum atomic E-state index is 11.3. The van der Waals surface area contributed by atoms with E-state index >= 15 is 0 Å². The Hall–Kier alpha value is -1.71. The van der Waals surface area contributed by atoms with E-state index in [4.69, 9.17) is 15.2 Å². The molecule has 0 aliphatic rings. The molecular formula is C13H19NO3. The van der Waals surface area contributed by atoms with Crippen LogP contribution in [0.2, 0.25) is 0 Å². The molecule has 0 spiro atoms. The lowest BCUT2D eigenvalue weighted by molar-refractivity contribution is -0.149. The van der Waals surface area contributed by atoms with Gasteiger partial charge in [0.05, 0.1) is 6.10 Å². The number of carbonyl (C=O) groups excluding carboxylic acids is 1. The van der Waals surface area contributed by atoms with Gasteiger partial charge in [-0.15, -0.1) is 0 Å². The van der Waals surface area contributed by atoms with Crippen molar-refractivity contribution in [3.63, 3.8) is 0 Å². The lowest BCUT2D eigenvalue weighted by atomic mass is 10.1. The minimum absolute atomic E-state index is 0.0810. The first kappa shape index (κ1) is 13.4. The normalized spacial score (nSPS) is 10.4. The first-order valence-electron chi connectivity index (χ1n) is 5.59. The van der Waals surface area contributed by atoms with Crippen molar-refractivity contribution in [2.75, 3.05) is 12.3 Å². The molecule has 0 aromatic heterocycles. The van der Waals surface area contributed by atoms with Crippen LogP contribution in [0.3, 0.4) is 0 Å². The molecule has 0 saturated heterocycles. The van der Waals surface area contributed by atoms with Gasteiger partial charge in [-0.2, -0.15) is 0 Å². The topological polar surface area (TPSA) is 61.5 Å². The lowest BCUT2D eigenvalue weighted by Gasteiger charge is -2.12. The molecule has 0 aliphatic carbocycles. The fraction of sp³-hybridized carbons (Fsp3) is 0.462. The zero-order chi connectivity index (χ0) is 13.0. The number of esters is 1. The molecule has 0 unspecified atom stereocenters. The number of aryl methyl sites for hydroxylation is 2. The van der Waals surface area contributed by atoms with Gasteiger partial charge in [0.2, 0.25) is 0 Å². The minimum atomic E-state index is -0.367. The first-order valence-corrected chi connectivity index (χ1v) is 5.59. The minimum Gasteiger partial charge on any atom is -0.482 e. The number of carbonyl (C=O) groups is 1. The molecule has 4 heteroatoms. The molecule has 4 nitrogen and oxygen atoms in total. The van der Waals surface area contributed by atoms with Crippen LogP contribution in [0, 0.1) is 13.8 Å². The smallest absolute Gasteiger partial charge is 0.344 e. The van der Waals surface area contributed by atoms with Crippen molar-refractivity contribution in [1.82, 2.24) is 0 Å². The van der Waals surface area contributed by atoms with Crippen LogP contribution >= 0.6 is 0 Å². The molecule has 0 heterocycles. The van der Waals surface area contributed by atoms with Crippen LogP contribution in [0.1, 0.15) is 25.0 Å². The van der Waals surface area contributed by atoms with E-state index in [0.717, 1.165) is 16.8 Å². The van der Waals surface area contributed by atoms with Gasteiger partial charge in [-0.3, -0.25) is 0 Å². The maximum absolute atomic E-state index is 11.3. The van der Waals surface area contributed by atoms with Crippen LogP contribution in [0.25, 0.3) is 0 Å². The van der Waals surface area contributed by atoms with Crippen molar-refractivity contribution in [1.29, 1.82) is 0 Å². The Bertz CT molecular complexity index is 413. The number of nitrogen functional groups attached to an aromatic ring is 1. The highest BCUT2D eigenvalue weighted by Crippen LogP contribution is 2.24. The standard InChI is InChI=1S/C13H19NO3/c1-8(2)17-13(15)7-16-12-6-9(3)11(14)5-10(12)4/h5-6,8H,7,14H2,1-4H3. The monoisotopic (exact) mass is 237 g/mol. The highest BCUT2D eigenvalue weighted by Gasteiger charge is 2.09. The predicted octanol–water partition coefficient (Wildman–Crippen LogP) is 2.22. The van der Waals surface area contributed by atoms with Crippen molar-refractivity contribution in [3.05, 3.63) is 23.3 Å². The van der Waals surface area contributed by atoms with Crippen LogP contribution in [0.5, 0.6) is 5.75 Å². The van der Waals surface area contributed by atoms with Gasteiger partial charge in [0.1, 0.15) is 5.75 Å². The van der Waals surface area contributed by atoms with E-state index in [9.17, 15) is 4.79 Å². The summed E-state index contributed by atoms with van der Waals surface area (Å²) in [6.45, 7) is 7.31. The van der Waals surface area contributed by atoms with E-state index in [1.165, 1.54) is 0 Å². The quantitative estimate of drug-likeness (QED) is 0.644. The van der Waals surface area contributed by atoms with Crippen LogP contribution < -0.4 is 10.5 Å². The average molecular weight is 237 g/mol. The molecule has 0 saturated carbocycles. The summed E-state index contributed by atoms with van der Waals surface area (Å²) in [7, 11) is 0. The summed E-state index contributed by atoms with van der Waals surface area (Å²) in [5, 5.41) is 0. The summed E-state index contributed by atoms with van der Waals surface area (Å²) in [5.41, 5.74) is 8.33. The third kappa shape index (κ3) is 3.98. The van der Waals surface area contributed by atoms with E-state index in [1.54, 1.807) is 13.8 Å². The van der Waals surface area contributed by atoms with Crippen molar-refractivity contribution in [3.8, 4) is 5.75 Å². The van der Waals surface area contributed by atoms with E-state index in [-0.39, 0.29) is 18.7 Å². The molecule has 1 aromatic rings. The predicted molar refractivity (Wildman–Crippen MR) is 67.1 cm³/mol. The third-order valence-corrected chi connectivity index (χ3v) is 2.28. The summed E-state index contributed by atoms with van der Waals surface area (Å²) in [6.07, 6.45) is -0.125. The zero-order valence-electron chi connectivity index (χ0n) is 10.7. The summed E-state index contributed by atoms with van der Waals surface area (Å²) in [5.74, 6) is 0.297. The molecule has 0 bridgehead atoms. The van der Waals surface area contributed by atoms with Crippen LogP contribution in [0.4, 0.5) is 5.69 Å². The van der Waals surface area contributed by atoms with E-state index < -0.39 is 0 Å². The maximum Gasteiger partial charge on any atom is 0.344 e. The molecule has 94 valence electrons. The summed E-state index contributed by atoms with van der Waals surface area (Å²) < 4.78 is 10.4. The number of hydrogen-bond acceptors (Lipinski definition) is 4. The molecule has 2 N–H and O–H groups in total. The number of ether oxygens (including phenoxy) is 2. The Morgan fingerprint density at radius 2 is 1.94 bits per heavy atom. The fourth-order valence-corrected chi connectivity index (χ4v) is 1.40. The van der Waals surface area contributed by atoms with Crippen molar-refractivity contribution < 1.29 is 14.3 Å². The second kappa shape index (κ2) is 5.57. The number of hydrogen-bond donors (Lipinski definition) is 1. The molecule has 0 amide bonds. The Morgan fingerprint density at radius 1 is 1.29 bits per heavy atom. The van der Waals surface area contributed by atoms with E-state index in [0.29, 0.717) is 5.75 Å². The molecule has 17 heavy (non-hydrogen) atoms. The van der Waals surface area contributed by atoms with Crippen molar-refractivity contribution in [2.24, 2.45) is 0 Å². The van der Waals surface area contributed by atoms with Crippen molar-refractivity contribution in [2.45, 2.75) is 33.8 Å². The van der Waals surface area contributed by atoms with Crippen LogP contribution in [-0.2, 0) is 9.53 Å². The SMILES string of the molecule is Cc1cc(OCC(=O)OC(C)C)c(C)cc1N. The van der Waals surface area contributed by atoms with Crippen molar-refractivity contribution >= 4 is 11.7 Å². The van der Waals surface area contributed by atoms with Gasteiger partial charge in [-0.05, 0) is 51.0 Å². The third-order valence-electron chi connectivity index (χ3n) is 2.28. The Labute approximate surface area is 102 Å². The summed E-state index contributed by atoms with van der Waals surface area (Å²) >= 11 is 0. The fourth-order valence-electron chi connectivity index (χ4n) is 1.40. The summed E-state index contributed by atoms with van der Waals surface area (Å²) in [4.78, 5) is 11.3. The highest BCUT2D eigenvalue weighted by atomic mass is 16.6. The molecule has 0 radical (unpaired) electrons. The first-order chi connectivity index (χ1) is 7.90. The molecule has 0 fully saturated rings. The molecule has 0 atom stereocenters. The largest absolute Gasteiger partial charge is 0.482 e. The van der Waals surface area contributed by atoms with Gasteiger partial charge in [-0.1, -0.05) is 0 Å². The number of rotatable bonds is 4.